The molecule has 0 bridgehead atoms. The van der Waals surface area contributed by atoms with Gasteiger partial charge in [0.1, 0.15) is 11.9 Å². The number of fused-ring (bicyclic) bond motifs is 1. The third-order valence-corrected chi connectivity index (χ3v) is 6.78. The molecule has 2 fully saturated rings. The second-order valence-electron chi connectivity index (χ2n) is 8.56. The highest BCUT2D eigenvalue weighted by atomic mass is 19.1. The quantitative estimate of drug-likeness (QED) is 0.758. The molecule has 1 saturated carbocycles. The summed E-state index contributed by atoms with van der Waals surface area (Å²) in [7, 11) is 0. The van der Waals surface area contributed by atoms with Crippen molar-refractivity contribution in [3.8, 4) is 0 Å². The Kier molecular flexibility index (Phi) is 5.33. The lowest BCUT2D eigenvalue weighted by Gasteiger charge is -2.35. The molecule has 0 spiro atoms. The average Bonchev–Trinajstić information content (AvgIpc) is 3.05. The molecule has 1 aliphatic carbocycles. The van der Waals surface area contributed by atoms with Gasteiger partial charge in [0.15, 0.2) is 11.5 Å². The number of rotatable bonds is 4. The molecule has 7 heteroatoms. The van der Waals surface area contributed by atoms with Crippen LogP contribution in [-0.4, -0.2) is 67.0 Å². The third-order valence-electron chi connectivity index (χ3n) is 6.78. The van der Waals surface area contributed by atoms with Crippen LogP contribution in [0.25, 0.3) is 0 Å². The molecule has 30 heavy (non-hydrogen) atoms. The summed E-state index contributed by atoms with van der Waals surface area (Å²) >= 11 is 0. The predicted molar refractivity (Wildman–Crippen MR) is 107 cm³/mol. The van der Waals surface area contributed by atoms with Crippen molar-refractivity contribution in [1.82, 2.24) is 9.80 Å². The molecule has 5 rings (SSSR count). The Morgan fingerprint density at radius 3 is 2.67 bits per heavy atom. The maximum Gasteiger partial charge on any atom is 0.290 e. The molecule has 3 atom stereocenters. The molecule has 0 aromatic heterocycles. The minimum Gasteiger partial charge on any atom is -0.483 e. The van der Waals surface area contributed by atoms with Gasteiger partial charge in [-0.15, -0.1) is 0 Å². The summed E-state index contributed by atoms with van der Waals surface area (Å²) in [6.07, 6.45) is 3.40. The van der Waals surface area contributed by atoms with E-state index in [0.29, 0.717) is 37.4 Å². The van der Waals surface area contributed by atoms with E-state index in [2.05, 4.69) is 4.90 Å². The van der Waals surface area contributed by atoms with Crippen LogP contribution in [0.5, 0.6) is 0 Å². The maximum atomic E-state index is 14.1. The monoisotopic (exact) mass is 414 g/mol. The number of carbonyl (C=O) groups is 2. The third kappa shape index (κ3) is 3.44. The zero-order valence-corrected chi connectivity index (χ0v) is 17.0. The SMILES string of the molecule is O=C1C2=C(OC3CCCCC13)C(=O)N(CCN1CCOCC1)C2c1cccc(F)c1. The van der Waals surface area contributed by atoms with Gasteiger partial charge >= 0.3 is 0 Å². The van der Waals surface area contributed by atoms with Gasteiger partial charge < -0.3 is 14.4 Å². The van der Waals surface area contributed by atoms with E-state index >= 15 is 0 Å². The van der Waals surface area contributed by atoms with Crippen LogP contribution in [0.4, 0.5) is 4.39 Å². The molecule has 1 aromatic rings. The van der Waals surface area contributed by atoms with Crippen molar-refractivity contribution < 1.29 is 23.5 Å². The second kappa shape index (κ2) is 8.12. The number of Topliss-reactive ketones (excluding diaryl/α,β-unsaturated/α-hetero) is 1. The van der Waals surface area contributed by atoms with Crippen LogP contribution in [0.3, 0.4) is 0 Å². The Balaban J connectivity index is 1.48. The normalized spacial score (nSPS) is 29.6. The Labute approximate surface area is 175 Å². The smallest absolute Gasteiger partial charge is 0.290 e. The number of ether oxygens (including phenoxy) is 2. The van der Waals surface area contributed by atoms with Crippen molar-refractivity contribution in [3.05, 3.63) is 47.0 Å². The minimum absolute atomic E-state index is 0.0115. The van der Waals surface area contributed by atoms with Crippen LogP contribution in [0.1, 0.15) is 37.3 Å². The molecule has 160 valence electrons. The predicted octanol–water partition coefficient (Wildman–Crippen LogP) is 2.45. The van der Waals surface area contributed by atoms with Crippen molar-refractivity contribution in [3.63, 3.8) is 0 Å². The molecule has 1 saturated heterocycles. The van der Waals surface area contributed by atoms with E-state index in [0.717, 1.165) is 38.8 Å². The van der Waals surface area contributed by atoms with Crippen LogP contribution < -0.4 is 0 Å². The van der Waals surface area contributed by atoms with Crippen molar-refractivity contribution in [1.29, 1.82) is 0 Å². The largest absolute Gasteiger partial charge is 0.483 e. The van der Waals surface area contributed by atoms with Gasteiger partial charge in [-0.05, 0) is 37.0 Å². The van der Waals surface area contributed by atoms with Gasteiger partial charge in [-0.25, -0.2) is 4.39 Å². The fourth-order valence-electron chi connectivity index (χ4n) is 5.22. The summed E-state index contributed by atoms with van der Waals surface area (Å²) in [5.41, 5.74) is 1.05. The lowest BCUT2D eigenvalue weighted by Crippen LogP contribution is -2.43. The molecular formula is C23H27FN2O4. The highest BCUT2D eigenvalue weighted by molar-refractivity contribution is 6.11. The van der Waals surface area contributed by atoms with E-state index in [1.54, 1.807) is 17.0 Å². The van der Waals surface area contributed by atoms with Crippen LogP contribution >= 0.6 is 0 Å². The van der Waals surface area contributed by atoms with Crippen LogP contribution in [0, 0.1) is 11.7 Å². The van der Waals surface area contributed by atoms with Crippen LogP contribution in [0.2, 0.25) is 0 Å². The first-order chi connectivity index (χ1) is 14.6. The van der Waals surface area contributed by atoms with Gasteiger partial charge in [0.25, 0.3) is 5.91 Å². The Morgan fingerprint density at radius 2 is 1.87 bits per heavy atom. The lowest BCUT2D eigenvalue weighted by atomic mass is 9.77. The van der Waals surface area contributed by atoms with E-state index in [-0.39, 0.29) is 35.3 Å². The summed E-state index contributed by atoms with van der Waals surface area (Å²) < 4.78 is 25.6. The van der Waals surface area contributed by atoms with Gasteiger partial charge in [-0.3, -0.25) is 14.5 Å². The Hall–Kier alpha value is -2.25. The number of hydrogen-bond donors (Lipinski definition) is 0. The van der Waals surface area contributed by atoms with E-state index < -0.39 is 6.04 Å². The topological polar surface area (TPSA) is 59.1 Å². The molecule has 1 aromatic carbocycles. The summed E-state index contributed by atoms with van der Waals surface area (Å²) in [6.45, 7) is 4.14. The zero-order valence-electron chi connectivity index (χ0n) is 17.0. The number of halogens is 1. The Morgan fingerprint density at radius 1 is 1.07 bits per heavy atom. The number of hydrogen-bond acceptors (Lipinski definition) is 5. The molecule has 1 amide bonds. The van der Waals surface area contributed by atoms with Gasteiger partial charge in [0.2, 0.25) is 0 Å². The number of benzene rings is 1. The summed E-state index contributed by atoms with van der Waals surface area (Å²) in [6, 6.07) is 5.64. The van der Waals surface area contributed by atoms with Crippen molar-refractivity contribution in [2.45, 2.75) is 37.8 Å². The number of amides is 1. The Bertz CT molecular complexity index is 880. The number of nitrogens with zero attached hydrogens (tertiary/aromatic N) is 2. The van der Waals surface area contributed by atoms with E-state index in [1.165, 1.54) is 12.1 Å². The highest BCUT2D eigenvalue weighted by Gasteiger charge is 2.51. The van der Waals surface area contributed by atoms with E-state index in [4.69, 9.17) is 9.47 Å². The molecule has 0 radical (unpaired) electrons. The molecule has 3 aliphatic heterocycles. The molecule has 3 unspecified atom stereocenters. The number of ketones is 1. The van der Waals surface area contributed by atoms with Crippen LogP contribution in [0.15, 0.2) is 35.6 Å². The minimum atomic E-state index is -0.584. The zero-order chi connectivity index (χ0) is 20.7. The van der Waals surface area contributed by atoms with Crippen LogP contribution in [-0.2, 0) is 19.1 Å². The summed E-state index contributed by atoms with van der Waals surface area (Å²) in [4.78, 5) is 30.8. The highest BCUT2D eigenvalue weighted by Crippen LogP contribution is 2.46. The first kappa shape index (κ1) is 19.7. The molecule has 0 N–H and O–H groups in total. The fourth-order valence-corrected chi connectivity index (χ4v) is 5.22. The molecular weight excluding hydrogens is 387 g/mol. The van der Waals surface area contributed by atoms with Gasteiger partial charge in [0.05, 0.1) is 30.7 Å². The standard InChI is InChI=1S/C23H27FN2O4/c24-16-5-3-4-15(14-16)20-19-21(27)17-6-1-2-7-18(17)30-22(19)23(28)26(20)9-8-25-10-12-29-13-11-25/h3-5,14,17-18,20H,1-2,6-13H2. The second-order valence-corrected chi connectivity index (χ2v) is 8.56. The first-order valence-electron chi connectivity index (χ1n) is 10.9. The van der Waals surface area contributed by atoms with E-state index in [1.807, 2.05) is 0 Å². The van der Waals surface area contributed by atoms with Gasteiger partial charge in [-0.1, -0.05) is 18.6 Å². The molecule has 6 nitrogen and oxygen atoms in total. The van der Waals surface area contributed by atoms with Gasteiger partial charge in [0, 0.05) is 26.2 Å². The lowest BCUT2D eigenvalue weighted by molar-refractivity contribution is -0.135. The van der Waals surface area contributed by atoms with Crippen molar-refractivity contribution >= 4 is 11.7 Å². The molecule has 4 aliphatic rings. The van der Waals surface area contributed by atoms with Gasteiger partial charge in [-0.2, -0.15) is 0 Å². The average molecular weight is 414 g/mol. The van der Waals surface area contributed by atoms with E-state index in [9.17, 15) is 14.0 Å². The first-order valence-corrected chi connectivity index (χ1v) is 10.9. The summed E-state index contributed by atoms with van der Waals surface area (Å²) in [5, 5.41) is 0. The number of carbonyl (C=O) groups excluding carboxylic acids is 2. The molecule has 3 heterocycles. The maximum absolute atomic E-state index is 14.1. The number of morpholine rings is 1. The van der Waals surface area contributed by atoms with Crippen molar-refractivity contribution in [2.75, 3.05) is 39.4 Å². The van der Waals surface area contributed by atoms with Crippen molar-refractivity contribution in [2.24, 2.45) is 5.92 Å². The fraction of sp³-hybridized carbons (Fsp3) is 0.565. The summed E-state index contributed by atoms with van der Waals surface area (Å²) in [5.74, 6) is -0.607.